The van der Waals surface area contributed by atoms with Crippen LogP contribution in [0.2, 0.25) is 0 Å². The average molecular weight is 250 g/mol. The third-order valence-corrected chi connectivity index (χ3v) is 2.70. The zero-order chi connectivity index (χ0) is 13.9. The third kappa shape index (κ3) is 3.72. The number of anilines is 1. The quantitative estimate of drug-likeness (QED) is 0.817. The summed E-state index contributed by atoms with van der Waals surface area (Å²) in [6.45, 7) is 7.71. The van der Waals surface area contributed by atoms with E-state index in [1.54, 1.807) is 16.8 Å². The van der Waals surface area contributed by atoms with E-state index in [9.17, 15) is 9.59 Å². The number of amides is 1. The Morgan fingerprint density at radius 1 is 1.28 bits per heavy atom. The molecule has 100 valence electrons. The minimum absolute atomic E-state index is 0.0425. The predicted octanol–water partition coefficient (Wildman–Crippen LogP) is 2.85. The van der Waals surface area contributed by atoms with Crippen LogP contribution in [0.25, 0.3) is 0 Å². The normalized spacial score (nSPS) is 11.1. The van der Waals surface area contributed by atoms with Gasteiger partial charge in [0.1, 0.15) is 5.82 Å². The molecular weight excluding hydrogens is 228 g/mol. The Kier molecular flexibility index (Phi) is 4.70. The number of ketones is 1. The van der Waals surface area contributed by atoms with Crippen LogP contribution < -0.4 is 5.32 Å². The maximum atomic E-state index is 11.9. The Morgan fingerprint density at radius 2 is 1.89 bits per heavy atom. The lowest BCUT2D eigenvalue weighted by Gasteiger charge is -2.07. The van der Waals surface area contributed by atoms with Crippen molar-refractivity contribution in [3.63, 3.8) is 0 Å². The number of nitrogens with one attached hydrogen (secondary N) is 1. The maximum absolute atomic E-state index is 11.9. The lowest BCUT2D eigenvalue weighted by molar-refractivity contribution is -0.118. The molecule has 0 aromatic carbocycles. The van der Waals surface area contributed by atoms with E-state index in [2.05, 4.69) is 5.32 Å². The average Bonchev–Trinajstić information content (AvgIpc) is 2.59. The van der Waals surface area contributed by atoms with Crippen molar-refractivity contribution in [2.24, 2.45) is 18.9 Å². The van der Waals surface area contributed by atoms with Crippen LogP contribution in [0, 0.1) is 11.8 Å². The van der Waals surface area contributed by atoms with Crippen molar-refractivity contribution in [3.8, 4) is 0 Å². The summed E-state index contributed by atoms with van der Waals surface area (Å²) in [7, 11) is 1.82. The van der Waals surface area contributed by atoms with Gasteiger partial charge in [0.05, 0.1) is 0 Å². The molecule has 0 spiro atoms. The summed E-state index contributed by atoms with van der Waals surface area (Å²) in [6.07, 6.45) is 2.29. The highest BCUT2D eigenvalue weighted by atomic mass is 16.2. The van der Waals surface area contributed by atoms with Crippen molar-refractivity contribution in [2.45, 2.75) is 34.1 Å². The second kappa shape index (κ2) is 5.85. The van der Waals surface area contributed by atoms with E-state index in [1.165, 1.54) is 0 Å². The number of hydrogen-bond acceptors (Lipinski definition) is 2. The summed E-state index contributed by atoms with van der Waals surface area (Å²) in [4.78, 5) is 23.5. The van der Waals surface area contributed by atoms with Crippen molar-refractivity contribution >= 4 is 17.5 Å². The third-order valence-electron chi connectivity index (χ3n) is 2.70. The summed E-state index contributed by atoms with van der Waals surface area (Å²) in [5, 5.41) is 2.81. The summed E-state index contributed by atoms with van der Waals surface area (Å²) in [5.74, 6) is 1.01. The van der Waals surface area contributed by atoms with Gasteiger partial charge in [0.25, 0.3) is 0 Å². The standard InChI is InChI=1S/C14H22N2O2/c1-9(2)6-12(17)11-7-13(16(5)8-11)15-14(18)10(3)4/h7-10H,6H2,1-5H3,(H,15,18). The summed E-state index contributed by atoms with van der Waals surface area (Å²) < 4.78 is 1.77. The largest absolute Gasteiger partial charge is 0.337 e. The van der Waals surface area contributed by atoms with E-state index in [0.29, 0.717) is 23.7 Å². The molecule has 0 saturated carbocycles. The molecule has 0 bridgehead atoms. The number of hydrogen-bond donors (Lipinski definition) is 1. The lowest BCUT2D eigenvalue weighted by atomic mass is 10.0. The van der Waals surface area contributed by atoms with Gasteiger partial charge in [0.15, 0.2) is 5.78 Å². The van der Waals surface area contributed by atoms with Gasteiger partial charge >= 0.3 is 0 Å². The molecule has 0 aliphatic heterocycles. The van der Waals surface area contributed by atoms with Gasteiger partial charge in [0, 0.05) is 31.1 Å². The number of aryl methyl sites for hydroxylation is 1. The van der Waals surface area contributed by atoms with Crippen LogP contribution in [0.4, 0.5) is 5.82 Å². The van der Waals surface area contributed by atoms with Crippen LogP contribution in [-0.2, 0) is 11.8 Å². The molecule has 0 unspecified atom stereocenters. The number of rotatable bonds is 5. The number of nitrogens with zero attached hydrogens (tertiary/aromatic N) is 1. The van der Waals surface area contributed by atoms with E-state index in [1.807, 2.05) is 34.7 Å². The van der Waals surface area contributed by atoms with Gasteiger partial charge in [-0.1, -0.05) is 27.7 Å². The highest BCUT2D eigenvalue weighted by molar-refractivity contribution is 5.98. The van der Waals surface area contributed by atoms with Gasteiger partial charge in [0.2, 0.25) is 5.91 Å². The molecule has 0 radical (unpaired) electrons. The fourth-order valence-electron chi connectivity index (χ4n) is 1.60. The van der Waals surface area contributed by atoms with Crippen LogP contribution in [0.3, 0.4) is 0 Å². The van der Waals surface area contributed by atoms with Crippen LogP contribution >= 0.6 is 0 Å². The van der Waals surface area contributed by atoms with Crippen LogP contribution in [0.1, 0.15) is 44.5 Å². The van der Waals surface area contributed by atoms with E-state index in [0.717, 1.165) is 0 Å². The first-order valence-corrected chi connectivity index (χ1v) is 6.31. The van der Waals surface area contributed by atoms with E-state index in [4.69, 9.17) is 0 Å². The zero-order valence-electron chi connectivity index (χ0n) is 11.8. The van der Waals surface area contributed by atoms with Crippen LogP contribution in [0.15, 0.2) is 12.3 Å². The number of carbonyl (C=O) groups is 2. The van der Waals surface area contributed by atoms with Crippen molar-refractivity contribution < 1.29 is 9.59 Å². The first-order chi connectivity index (χ1) is 8.31. The Morgan fingerprint density at radius 3 is 2.39 bits per heavy atom. The Labute approximate surface area is 108 Å². The van der Waals surface area contributed by atoms with Crippen molar-refractivity contribution in [2.75, 3.05) is 5.32 Å². The zero-order valence-corrected chi connectivity index (χ0v) is 11.8. The molecule has 1 heterocycles. The van der Waals surface area contributed by atoms with E-state index in [-0.39, 0.29) is 17.6 Å². The summed E-state index contributed by atoms with van der Waals surface area (Å²) in [5.41, 5.74) is 0.658. The first kappa shape index (κ1) is 14.5. The molecule has 4 heteroatoms. The topological polar surface area (TPSA) is 51.1 Å². The van der Waals surface area contributed by atoms with Gasteiger partial charge in [-0.3, -0.25) is 9.59 Å². The van der Waals surface area contributed by atoms with Crippen molar-refractivity contribution in [1.29, 1.82) is 0 Å². The Hall–Kier alpha value is -1.58. The first-order valence-electron chi connectivity index (χ1n) is 6.31. The van der Waals surface area contributed by atoms with Gasteiger partial charge in [-0.15, -0.1) is 0 Å². The van der Waals surface area contributed by atoms with Gasteiger partial charge in [-0.25, -0.2) is 0 Å². The number of Topliss-reactive ketones (excluding diaryl/α,β-unsaturated/α-hetero) is 1. The fourth-order valence-corrected chi connectivity index (χ4v) is 1.60. The molecule has 1 aromatic rings. The molecule has 18 heavy (non-hydrogen) atoms. The molecule has 1 rings (SSSR count). The van der Waals surface area contributed by atoms with E-state index < -0.39 is 0 Å². The van der Waals surface area contributed by atoms with E-state index >= 15 is 0 Å². The second-order valence-electron chi connectivity index (χ2n) is 5.39. The number of aromatic nitrogens is 1. The minimum atomic E-state index is -0.0743. The highest BCUT2D eigenvalue weighted by Gasteiger charge is 2.14. The van der Waals surface area contributed by atoms with Crippen LogP contribution in [0.5, 0.6) is 0 Å². The molecular formula is C14H22N2O2. The smallest absolute Gasteiger partial charge is 0.228 e. The number of carbonyl (C=O) groups excluding carboxylic acids is 2. The molecule has 1 N–H and O–H groups in total. The minimum Gasteiger partial charge on any atom is -0.337 e. The molecule has 0 atom stereocenters. The lowest BCUT2D eigenvalue weighted by Crippen LogP contribution is -2.19. The van der Waals surface area contributed by atoms with Gasteiger partial charge < -0.3 is 9.88 Å². The Balaban J connectivity index is 2.82. The molecule has 1 aromatic heterocycles. The molecule has 0 aliphatic carbocycles. The molecule has 0 fully saturated rings. The second-order valence-corrected chi connectivity index (χ2v) is 5.39. The predicted molar refractivity (Wildman–Crippen MR) is 72.7 cm³/mol. The molecule has 4 nitrogen and oxygen atoms in total. The summed E-state index contributed by atoms with van der Waals surface area (Å²) >= 11 is 0. The highest BCUT2D eigenvalue weighted by Crippen LogP contribution is 2.17. The Bertz CT molecular complexity index is 445. The fraction of sp³-hybridized carbons (Fsp3) is 0.571. The molecule has 0 aliphatic rings. The van der Waals surface area contributed by atoms with Gasteiger partial charge in [-0.05, 0) is 12.0 Å². The van der Waals surface area contributed by atoms with Crippen molar-refractivity contribution in [3.05, 3.63) is 17.8 Å². The van der Waals surface area contributed by atoms with Crippen LogP contribution in [-0.4, -0.2) is 16.3 Å². The molecule has 0 saturated heterocycles. The molecule has 1 amide bonds. The van der Waals surface area contributed by atoms with Gasteiger partial charge in [-0.2, -0.15) is 0 Å². The summed E-state index contributed by atoms with van der Waals surface area (Å²) in [6, 6.07) is 1.74. The maximum Gasteiger partial charge on any atom is 0.228 e. The monoisotopic (exact) mass is 250 g/mol. The SMILES string of the molecule is CC(C)CC(=O)c1cc(NC(=O)C(C)C)n(C)c1. The van der Waals surface area contributed by atoms with Crippen molar-refractivity contribution in [1.82, 2.24) is 4.57 Å².